The second-order valence-corrected chi connectivity index (χ2v) is 10.6. The molecule has 3 N–H and O–H groups in total. The fraction of sp³-hybridized carbons (Fsp3) is 0.179. The molecule has 9 heteroatoms. The highest BCUT2D eigenvalue weighted by atomic mass is 35.5. The van der Waals surface area contributed by atoms with Crippen LogP contribution in [0.5, 0.6) is 0 Å². The van der Waals surface area contributed by atoms with Gasteiger partial charge in [0, 0.05) is 15.6 Å². The van der Waals surface area contributed by atoms with Crippen LogP contribution in [0.15, 0.2) is 89.8 Å². The van der Waals surface area contributed by atoms with Gasteiger partial charge in [-0.3, -0.25) is 14.4 Å². The number of rotatable bonds is 8. The Morgan fingerprint density at radius 3 is 2.22 bits per heavy atom. The van der Waals surface area contributed by atoms with Gasteiger partial charge in [-0.15, -0.1) is 11.8 Å². The van der Waals surface area contributed by atoms with E-state index >= 15 is 0 Å². The minimum Gasteiger partial charge on any atom is -0.481 e. The van der Waals surface area contributed by atoms with E-state index in [1.807, 2.05) is 48.5 Å². The second kappa shape index (κ2) is 12.3. The molecule has 0 aliphatic heterocycles. The number of hydrogen-bond acceptors (Lipinski definition) is 4. The van der Waals surface area contributed by atoms with E-state index in [2.05, 4.69) is 10.6 Å². The molecule has 0 radical (unpaired) electrons. The molecule has 3 aromatic rings. The molecule has 0 saturated heterocycles. The number of aliphatic carboxylic acids is 1. The van der Waals surface area contributed by atoms with Gasteiger partial charge in [-0.1, -0.05) is 65.7 Å². The van der Waals surface area contributed by atoms with E-state index in [0.29, 0.717) is 34.3 Å². The minimum atomic E-state index is -0.972. The maximum absolute atomic E-state index is 13.3. The zero-order valence-corrected chi connectivity index (χ0v) is 21.9. The second-order valence-electron chi connectivity index (χ2n) is 8.53. The van der Waals surface area contributed by atoms with Crippen molar-refractivity contribution < 1.29 is 19.5 Å². The molecular formula is C28H24Cl2N2O4S. The molecule has 0 saturated carbocycles. The lowest BCUT2D eigenvalue weighted by atomic mass is 9.82. The molecule has 190 valence electrons. The van der Waals surface area contributed by atoms with Crippen molar-refractivity contribution in [2.75, 3.05) is 10.6 Å². The van der Waals surface area contributed by atoms with Crippen LogP contribution in [0.3, 0.4) is 0 Å². The first kappa shape index (κ1) is 26.8. The molecule has 0 aromatic heterocycles. The number of allylic oxidation sites excluding steroid dienone is 2. The van der Waals surface area contributed by atoms with Crippen molar-refractivity contribution in [3.05, 3.63) is 101 Å². The lowest BCUT2D eigenvalue weighted by molar-refractivity contribution is -0.146. The van der Waals surface area contributed by atoms with E-state index < -0.39 is 23.1 Å². The number of nitrogens with one attached hydrogen (secondary N) is 2. The van der Waals surface area contributed by atoms with Crippen LogP contribution in [0.25, 0.3) is 0 Å². The van der Waals surface area contributed by atoms with Gasteiger partial charge in [0.15, 0.2) is 0 Å². The minimum absolute atomic E-state index is 0.261. The fourth-order valence-electron chi connectivity index (χ4n) is 4.06. The monoisotopic (exact) mass is 554 g/mol. The van der Waals surface area contributed by atoms with E-state index in [4.69, 9.17) is 23.2 Å². The highest BCUT2D eigenvalue weighted by molar-refractivity contribution is 8.00. The SMILES string of the molecule is O=C(Nc1cc(Cl)ccc1Cl)C(Sc1ccc(NC(=O)C2CC=CCC2C(=O)O)cc1)c1ccccc1. The number of anilines is 2. The number of amides is 2. The summed E-state index contributed by atoms with van der Waals surface area (Å²) < 4.78 is 0. The molecule has 0 bridgehead atoms. The van der Waals surface area contributed by atoms with E-state index in [9.17, 15) is 19.5 Å². The topological polar surface area (TPSA) is 95.5 Å². The van der Waals surface area contributed by atoms with Gasteiger partial charge in [-0.05, 0) is 60.9 Å². The zero-order valence-electron chi connectivity index (χ0n) is 19.6. The third kappa shape index (κ3) is 6.95. The summed E-state index contributed by atoms with van der Waals surface area (Å²) in [5.41, 5.74) is 1.79. The van der Waals surface area contributed by atoms with Gasteiger partial charge in [0.25, 0.3) is 0 Å². The van der Waals surface area contributed by atoms with Crippen LogP contribution >= 0.6 is 35.0 Å². The Labute approximate surface area is 229 Å². The summed E-state index contributed by atoms with van der Waals surface area (Å²) in [4.78, 5) is 38.4. The Kier molecular flexibility index (Phi) is 8.92. The Bertz CT molecular complexity index is 1320. The average Bonchev–Trinajstić information content (AvgIpc) is 2.90. The van der Waals surface area contributed by atoms with Crippen molar-refractivity contribution in [3.8, 4) is 0 Å². The van der Waals surface area contributed by atoms with Gasteiger partial charge >= 0.3 is 5.97 Å². The van der Waals surface area contributed by atoms with Crippen LogP contribution in [0.2, 0.25) is 10.0 Å². The highest BCUT2D eigenvalue weighted by Gasteiger charge is 2.34. The molecular weight excluding hydrogens is 531 g/mol. The van der Waals surface area contributed by atoms with Gasteiger partial charge < -0.3 is 15.7 Å². The number of halogens is 2. The maximum atomic E-state index is 13.3. The molecule has 0 spiro atoms. The van der Waals surface area contributed by atoms with Crippen LogP contribution in [0.1, 0.15) is 23.7 Å². The first-order valence-electron chi connectivity index (χ1n) is 11.6. The maximum Gasteiger partial charge on any atom is 0.307 e. The van der Waals surface area contributed by atoms with Crippen LogP contribution < -0.4 is 10.6 Å². The zero-order chi connectivity index (χ0) is 26.4. The van der Waals surface area contributed by atoms with Crippen LogP contribution in [0.4, 0.5) is 11.4 Å². The van der Waals surface area contributed by atoms with Crippen molar-refractivity contribution in [1.29, 1.82) is 0 Å². The average molecular weight is 555 g/mol. The summed E-state index contributed by atoms with van der Waals surface area (Å²) in [7, 11) is 0. The first-order valence-corrected chi connectivity index (χ1v) is 13.2. The van der Waals surface area contributed by atoms with Crippen molar-refractivity contribution in [1.82, 2.24) is 0 Å². The lowest BCUT2D eigenvalue weighted by Gasteiger charge is -2.24. The Balaban J connectivity index is 1.48. The molecule has 4 rings (SSSR count). The molecule has 37 heavy (non-hydrogen) atoms. The molecule has 6 nitrogen and oxygen atoms in total. The predicted octanol–water partition coefficient (Wildman–Crippen LogP) is 7.07. The van der Waals surface area contributed by atoms with Gasteiger partial charge in [-0.25, -0.2) is 0 Å². The Hall–Kier alpha value is -3.26. The number of carboxylic acid groups (broad SMARTS) is 1. The Morgan fingerprint density at radius 1 is 0.865 bits per heavy atom. The number of hydrogen-bond donors (Lipinski definition) is 3. The molecule has 1 aliphatic rings. The number of carbonyl (C=O) groups is 3. The smallest absolute Gasteiger partial charge is 0.307 e. The van der Waals surface area contributed by atoms with Gasteiger partial charge in [0.1, 0.15) is 5.25 Å². The third-order valence-corrected chi connectivity index (χ3v) is 7.82. The van der Waals surface area contributed by atoms with E-state index in [1.165, 1.54) is 11.8 Å². The molecule has 3 aromatic carbocycles. The fourth-order valence-corrected chi connectivity index (χ4v) is 5.42. The molecule has 0 fully saturated rings. The molecule has 3 atom stereocenters. The highest BCUT2D eigenvalue weighted by Crippen LogP contribution is 2.38. The standard InChI is InChI=1S/C28H24Cl2N2O4S/c29-18-10-15-23(30)24(16-18)32-27(34)25(17-6-2-1-3-7-17)37-20-13-11-19(12-14-20)31-26(33)21-8-4-5-9-22(21)28(35)36/h1-7,10-16,21-22,25H,8-9H2,(H,31,33)(H,32,34)(H,35,36). The van der Waals surface area contributed by atoms with Crippen LogP contribution in [-0.4, -0.2) is 22.9 Å². The number of benzene rings is 3. The van der Waals surface area contributed by atoms with E-state index in [0.717, 1.165) is 10.5 Å². The summed E-state index contributed by atoms with van der Waals surface area (Å²) in [5, 5.41) is 15.4. The van der Waals surface area contributed by atoms with Crippen molar-refractivity contribution in [2.24, 2.45) is 11.8 Å². The quantitative estimate of drug-likeness (QED) is 0.204. The summed E-state index contributed by atoms with van der Waals surface area (Å²) in [6.07, 6.45) is 4.37. The number of thioether (sulfide) groups is 1. The Morgan fingerprint density at radius 2 is 1.54 bits per heavy atom. The summed E-state index contributed by atoms with van der Waals surface area (Å²) >= 11 is 13.7. The molecule has 3 unspecified atom stereocenters. The number of carbonyl (C=O) groups excluding carboxylic acids is 2. The summed E-state index contributed by atoms with van der Waals surface area (Å²) in [6.45, 7) is 0. The van der Waals surface area contributed by atoms with Gasteiger partial charge in [0.05, 0.1) is 22.5 Å². The number of carboxylic acids is 1. The summed E-state index contributed by atoms with van der Waals surface area (Å²) in [5.74, 6) is -2.92. The first-order chi connectivity index (χ1) is 17.8. The van der Waals surface area contributed by atoms with Gasteiger partial charge in [0.2, 0.25) is 11.8 Å². The van der Waals surface area contributed by atoms with Crippen LogP contribution in [-0.2, 0) is 14.4 Å². The van der Waals surface area contributed by atoms with E-state index in [-0.39, 0.29) is 11.8 Å². The predicted molar refractivity (Wildman–Crippen MR) is 148 cm³/mol. The largest absolute Gasteiger partial charge is 0.481 e. The van der Waals surface area contributed by atoms with Crippen molar-refractivity contribution in [2.45, 2.75) is 23.0 Å². The van der Waals surface area contributed by atoms with Crippen molar-refractivity contribution in [3.63, 3.8) is 0 Å². The van der Waals surface area contributed by atoms with Gasteiger partial charge in [-0.2, -0.15) is 0 Å². The van der Waals surface area contributed by atoms with E-state index in [1.54, 1.807) is 36.4 Å². The third-order valence-electron chi connectivity index (χ3n) is 5.99. The normalized spacial score (nSPS) is 17.6. The lowest BCUT2D eigenvalue weighted by Crippen LogP contribution is -2.34. The molecule has 1 aliphatic carbocycles. The molecule has 0 heterocycles. The van der Waals surface area contributed by atoms with Crippen LogP contribution in [0, 0.1) is 11.8 Å². The van der Waals surface area contributed by atoms with Crippen molar-refractivity contribution >= 4 is 64.1 Å². The molecule has 2 amide bonds. The summed E-state index contributed by atoms with van der Waals surface area (Å²) in [6, 6.07) is 21.3.